The van der Waals surface area contributed by atoms with Gasteiger partial charge >= 0.3 is 0 Å². The number of aromatic nitrogens is 2. The van der Waals surface area contributed by atoms with Gasteiger partial charge in [-0.25, -0.2) is 4.98 Å². The molecule has 0 amide bonds. The zero-order valence-corrected chi connectivity index (χ0v) is 14.5. The fraction of sp³-hybridized carbons (Fsp3) is 0.0909. The van der Waals surface area contributed by atoms with E-state index in [4.69, 9.17) is 0 Å². The molecule has 0 aliphatic rings. The van der Waals surface area contributed by atoms with Crippen molar-refractivity contribution < 1.29 is 10.3 Å². The number of hydrogen-bond donors (Lipinski definition) is 2. The third kappa shape index (κ3) is 3.27. The van der Waals surface area contributed by atoms with Crippen LogP contribution in [0.4, 0.5) is 0 Å². The van der Waals surface area contributed by atoms with Gasteiger partial charge in [0.2, 0.25) is 0 Å². The summed E-state index contributed by atoms with van der Waals surface area (Å²) in [7, 11) is 0. The number of nitrogens with zero attached hydrogens (tertiary/aromatic N) is 2. The first-order valence-corrected chi connectivity index (χ1v) is 8.66. The first-order valence-electron chi connectivity index (χ1n) is 8.66. The molecule has 0 radical (unpaired) electrons. The quantitative estimate of drug-likeness (QED) is 0.547. The third-order valence-corrected chi connectivity index (χ3v) is 4.59. The predicted octanol–water partition coefficient (Wildman–Crippen LogP) is 3.52. The highest BCUT2D eigenvalue weighted by atomic mass is 16.5. The highest BCUT2D eigenvalue weighted by Crippen LogP contribution is 2.27. The molecule has 2 heterocycles. The molecule has 0 saturated heterocycles. The fourth-order valence-electron chi connectivity index (χ4n) is 3.22. The Morgan fingerprint density at radius 1 is 0.852 bits per heavy atom. The molecule has 4 aromatic rings. The van der Waals surface area contributed by atoms with Gasteiger partial charge in [-0.3, -0.25) is 4.79 Å². The van der Waals surface area contributed by atoms with Crippen molar-refractivity contribution in [2.75, 3.05) is 0 Å². The van der Waals surface area contributed by atoms with E-state index in [0.717, 1.165) is 16.7 Å². The molecule has 0 atom stereocenters. The van der Waals surface area contributed by atoms with E-state index in [-0.39, 0.29) is 23.4 Å². The monoisotopic (exact) mass is 358 g/mol. The number of rotatable bonds is 4. The summed E-state index contributed by atoms with van der Waals surface area (Å²) in [6, 6.07) is 21.0. The van der Waals surface area contributed by atoms with Crippen LogP contribution < -0.4 is 5.56 Å². The molecule has 134 valence electrons. The first kappa shape index (κ1) is 16.8. The molecule has 5 nitrogen and oxygen atoms in total. The minimum Gasteiger partial charge on any atom is -0.507 e. The second kappa shape index (κ2) is 6.96. The van der Waals surface area contributed by atoms with Gasteiger partial charge in [0.25, 0.3) is 5.56 Å². The maximum atomic E-state index is 12.5. The Bertz CT molecular complexity index is 1150. The Kier molecular flexibility index (Phi) is 4.34. The summed E-state index contributed by atoms with van der Waals surface area (Å²) in [5.74, 6) is -0.133. The van der Waals surface area contributed by atoms with Gasteiger partial charge in [-0.2, -0.15) is 0 Å². The molecule has 0 spiro atoms. The molecule has 0 aliphatic heterocycles. The van der Waals surface area contributed by atoms with Crippen molar-refractivity contribution in [2.45, 2.75) is 12.8 Å². The second-order valence-corrected chi connectivity index (χ2v) is 6.48. The van der Waals surface area contributed by atoms with Gasteiger partial charge < -0.3 is 10.3 Å². The van der Waals surface area contributed by atoms with Crippen LogP contribution in [0.1, 0.15) is 22.3 Å². The van der Waals surface area contributed by atoms with Crippen molar-refractivity contribution >= 4 is 11.0 Å². The third-order valence-electron chi connectivity index (χ3n) is 4.59. The Morgan fingerprint density at radius 2 is 1.44 bits per heavy atom. The average molecular weight is 358 g/mol. The van der Waals surface area contributed by atoms with Gasteiger partial charge in [0.15, 0.2) is 5.65 Å². The molecule has 0 aliphatic carbocycles. The summed E-state index contributed by atoms with van der Waals surface area (Å²) in [5.41, 5.74) is 2.40. The van der Waals surface area contributed by atoms with Crippen molar-refractivity contribution in [3.63, 3.8) is 0 Å². The predicted molar refractivity (Wildman–Crippen MR) is 103 cm³/mol. The maximum absolute atomic E-state index is 12.5. The number of benzene rings is 2. The summed E-state index contributed by atoms with van der Waals surface area (Å²) in [4.78, 5) is 16.7. The Balaban J connectivity index is 1.81. The number of pyridine rings is 2. The highest BCUT2D eigenvalue weighted by molar-refractivity contribution is 5.83. The van der Waals surface area contributed by atoms with E-state index >= 15 is 0 Å². The summed E-state index contributed by atoms with van der Waals surface area (Å²) in [6.07, 6.45) is 2.48. The maximum Gasteiger partial charge on any atom is 0.292 e. The normalized spacial score (nSPS) is 11.0. The molecule has 2 N–H and O–H groups in total. The molecule has 5 heteroatoms. The lowest BCUT2D eigenvalue weighted by molar-refractivity contribution is 0.185. The highest BCUT2D eigenvalue weighted by Gasteiger charge is 2.18. The van der Waals surface area contributed by atoms with Gasteiger partial charge in [-0.15, -0.1) is 4.73 Å². The van der Waals surface area contributed by atoms with Gasteiger partial charge in [-0.1, -0.05) is 60.7 Å². The second-order valence-electron chi connectivity index (χ2n) is 6.48. The molecule has 0 saturated carbocycles. The van der Waals surface area contributed by atoms with Crippen LogP contribution in [0, 0.1) is 0 Å². The van der Waals surface area contributed by atoms with Gasteiger partial charge in [0, 0.05) is 12.6 Å². The van der Waals surface area contributed by atoms with Crippen molar-refractivity contribution in [3.05, 3.63) is 106 Å². The van der Waals surface area contributed by atoms with Crippen LogP contribution in [-0.2, 0) is 12.8 Å². The molecule has 0 unspecified atom stereocenters. The zero-order valence-electron chi connectivity index (χ0n) is 14.5. The molecular formula is C22H18N2O3. The van der Waals surface area contributed by atoms with Crippen LogP contribution in [-0.4, -0.2) is 20.0 Å². The first-order chi connectivity index (χ1) is 13.1. The van der Waals surface area contributed by atoms with E-state index in [0.29, 0.717) is 16.5 Å². The molecule has 0 fully saturated rings. The SMILES string of the molecule is O=c1c(Cc2ccccc2)c(O)c2cc(Cc3ccccc3)cnc2n1O. The topological polar surface area (TPSA) is 75.3 Å². The van der Waals surface area contributed by atoms with Gasteiger partial charge in [0.05, 0.1) is 10.9 Å². The van der Waals surface area contributed by atoms with Gasteiger partial charge in [-0.05, 0) is 29.2 Å². The Labute approximate surface area is 155 Å². The lowest BCUT2D eigenvalue weighted by Gasteiger charge is -2.11. The summed E-state index contributed by atoms with van der Waals surface area (Å²) < 4.78 is 0.514. The average Bonchev–Trinajstić information content (AvgIpc) is 2.71. The van der Waals surface area contributed by atoms with Crippen LogP contribution in [0.15, 0.2) is 77.7 Å². The molecule has 2 aromatic carbocycles. The van der Waals surface area contributed by atoms with E-state index in [1.807, 2.05) is 60.7 Å². The molecule has 0 bridgehead atoms. The molecule has 2 aromatic heterocycles. The van der Waals surface area contributed by atoms with E-state index in [1.165, 1.54) is 0 Å². The van der Waals surface area contributed by atoms with Gasteiger partial charge in [0.1, 0.15) is 5.75 Å². The molecule has 27 heavy (non-hydrogen) atoms. The molecule has 4 rings (SSSR count). The van der Waals surface area contributed by atoms with Crippen LogP contribution in [0.3, 0.4) is 0 Å². The van der Waals surface area contributed by atoms with Crippen LogP contribution >= 0.6 is 0 Å². The summed E-state index contributed by atoms with van der Waals surface area (Å²) in [6.45, 7) is 0. The van der Waals surface area contributed by atoms with E-state index in [9.17, 15) is 15.1 Å². The Morgan fingerprint density at radius 3 is 2.07 bits per heavy atom. The minimum atomic E-state index is -0.660. The van der Waals surface area contributed by atoms with Crippen LogP contribution in [0.25, 0.3) is 11.0 Å². The number of hydrogen-bond acceptors (Lipinski definition) is 4. The standard InChI is InChI=1S/C22H18N2O3/c25-20-18-13-17(11-15-7-3-1-4-8-15)14-23-21(18)24(27)22(26)19(20)12-16-9-5-2-6-10-16/h1-10,13-14,25,27H,11-12H2. The van der Waals surface area contributed by atoms with Crippen molar-refractivity contribution in [3.8, 4) is 5.75 Å². The smallest absolute Gasteiger partial charge is 0.292 e. The van der Waals surface area contributed by atoms with E-state index in [1.54, 1.807) is 12.3 Å². The largest absolute Gasteiger partial charge is 0.507 e. The number of aromatic hydroxyl groups is 1. The van der Waals surface area contributed by atoms with Crippen molar-refractivity contribution in [1.29, 1.82) is 0 Å². The fourth-order valence-corrected chi connectivity index (χ4v) is 3.22. The summed E-state index contributed by atoms with van der Waals surface area (Å²) >= 11 is 0. The van der Waals surface area contributed by atoms with Crippen LogP contribution in [0.2, 0.25) is 0 Å². The molecular weight excluding hydrogens is 340 g/mol. The summed E-state index contributed by atoms with van der Waals surface area (Å²) in [5, 5.41) is 21.4. The Hall–Kier alpha value is -3.60. The minimum absolute atomic E-state index is 0.0473. The lowest BCUT2D eigenvalue weighted by atomic mass is 10.0. The zero-order chi connectivity index (χ0) is 18.8. The lowest BCUT2D eigenvalue weighted by Crippen LogP contribution is -2.23. The number of fused-ring (bicyclic) bond motifs is 1. The van der Waals surface area contributed by atoms with E-state index in [2.05, 4.69) is 4.98 Å². The van der Waals surface area contributed by atoms with Crippen LogP contribution in [0.5, 0.6) is 5.75 Å². The van der Waals surface area contributed by atoms with Crippen molar-refractivity contribution in [2.24, 2.45) is 0 Å². The van der Waals surface area contributed by atoms with E-state index < -0.39 is 5.56 Å². The van der Waals surface area contributed by atoms with Crippen molar-refractivity contribution in [1.82, 2.24) is 9.71 Å².